The summed E-state index contributed by atoms with van der Waals surface area (Å²) in [6.07, 6.45) is 1.81. The van der Waals surface area contributed by atoms with Gasteiger partial charge in [0.1, 0.15) is 10.7 Å². The zero-order valence-corrected chi connectivity index (χ0v) is 13.4. The molecule has 2 N–H and O–H groups in total. The van der Waals surface area contributed by atoms with Crippen molar-refractivity contribution in [3.63, 3.8) is 0 Å². The Morgan fingerprint density at radius 2 is 2.10 bits per heavy atom. The summed E-state index contributed by atoms with van der Waals surface area (Å²) in [4.78, 5) is 25.1. The van der Waals surface area contributed by atoms with Crippen LogP contribution in [0, 0.1) is 0 Å². The summed E-state index contributed by atoms with van der Waals surface area (Å²) in [7, 11) is 0. The second kappa shape index (κ2) is 6.08. The van der Waals surface area contributed by atoms with Crippen LogP contribution >= 0.6 is 22.7 Å². The maximum absolute atomic E-state index is 12.4. The first-order valence-electron chi connectivity index (χ1n) is 6.80. The van der Waals surface area contributed by atoms with Gasteiger partial charge in [-0.25, -0.2) is 9.97 Å². The Bertz CT molecular complexity index is 602. The summed E-state index contributed by atoms with van der Waals surface area (Å²) in [6, 6.07) is -0.127. The van der Waals surface area contributed by atoms with Crippen LogP contribution in [0.1, 0.15) is 28.5 Å². The van der Waals surface area contributed by atoms with Crippen molar-refractivity contribution in [2.24, 2.45) is 5.73 Å². The Morgan fingerprint density at radius 1 is 1.33 bits per heavy atom. The molecule has 0 bridgehead atoms. The Kier molecular flexibility index (Phi) is 4.18. The summed E-state index contributed by atoms with van der Waals surface area (Å²) < 4.78 is 0. The minimum absolute atomic E-state index is 0.00283. The first-order chi connectivity index (χ1) is 10.1. The van der Waals surface area contributed by atoms with Crippen molar-refractivity contribution >= 4 is 33.7 Å². The molecule has 3 heterocycles. The highest BCUT2D eigenvalue weighted by Crippen LogP contribution is 2.21. The SMILES string of the molecule is CC(N)c1nc(C(=O)N2CCN(c3nccs3)CC2)cs1. The molecule has 0 aliphatic carbocycles. The van der Waals surface area contributed by atoms with E-state index in [0.717, 1.165) is 23.2 Å². The Hall–Kier alpha value is -1.51. The third kappa shape index (κ3) is 3.07. The normalized spacial score (nSPS) is 17.0. The number of amides is 1. The number of carbonyl (C=O) groups excluding carboxylic acids is 1. The number of hydrogen-bond acceptors (Lipinski definition) is 7. The summed E-state index contributed by atoms with van der Waals surface area (Å²) >= 11 is 3.07. The minimum Gasteiger partial charge on any atom is -0.345 e. The number of hydrogen-bond donors (Lipinski definition) is 1. The van der Waals surface area contributed by atoms with Gasteiger partial charge in [-0.05, 0) is 6.92 Å². The van der Waals surface area contributed by atoms with E-state index in [9.17, 15) is 4.79 Å². The summed E-state index contributed by atoms with van der Waals surface area (Å²) in [5.41, 5.74) is 6.30. The summed E-state index contributed by atoms with van der Waals surface area (Å²) in [5.74, 6) is -0.00283. The van der Waals surface area contributed by atoms with Gasteiger partial charge in [0.05, 0.1) is 6.04 Å². The molecule has 1 fully saturated rings. The molecule has 1 aliphatic rings. The van der Waals surface area contributed by atoms with Crippen molar-refractivity contribution in [2.45, 2.75) is 13.0 Å². The standard InChI is InChI=1S/C13H17N5OS2/c1-9(14)11-16-10(8-21-11)12(19)17-3-5-18(6-4-17)13-15-2-7-20-13/h2,7-9H,3-6,14H2,1H3. The lowest BCUT2D eigenvalue weighted by Gasteiger charge is -2.34. The average Bonchev–Trinajstić information content (AvgIpc) is 3.18. The van der Waals surface area contributed by atoms with E-state index in [4.69, 9.17) is 5.73 Å². The average molecular weight is 323 g/mol. The predicted molar refractivity (Wildman–Crippen MR) is 84.9 cm³/mol. The van der Waals surface area contributed by atoms with Crippen molar-refractivity contribution in [3.05, 3.63) is 27.7 Å². The topological polar surface area (TPSA) is 75.3 Å². The maximum Gasteiger partial charge on any atom is 0.273 e. The second-order valence-corrected chi connectivity index (χ2v) is 6.72. The fourth-order valence-corrected chi connectivity index (χ4v) is 3.68. The van der Waals surface area contributed by atoms with Gasteiger partial charge >= 0.3 is 0 Å². The predicted octanol–water partition coefficient (Wildman–Crippen LogP) is 1.58. The fraction of sp³-hybridized carbons (Fsp3) is 0.462. The Morgan fingerprint density at radius 3 is 2.67 bits per heavy atom. The van der Waals surface area contributed by atoms with Gasteiger partial charge in [0.25, 0.3) is 5.91 Å². The van der Waals surface area contributed by atoms with Crippen molar-refractivity contribution in [1.82, 2.24) is 14.9 Å². The van der Waals surface area contributed by atoms with Crippen molar-refractivity contribution in [1.29, 1.82) is 0 Å². The fourth-order valence-electron chi connectivity index (χ4n) is 2.23. The molecular formula is C13H17N5OS2. The second-order valence-electron chi connectivity index (χ2n) is 4.95. The quantitative estimate of drug-likeness (QED) is 0.928. The zero-order valence-electron chi connectivity index (χ0n) is 11.7. The molecule has 1 amide bonds. The number of rotatable bonds is 3. The van der Waals surface area contributed by atoms with E-state index in [2.05, 4.69) is 14.9 Å². The Labute approximate surface area is 131 Å². The van der Waals surface area contributed by atoms with Gasteiger partial charge in [-0.2, -0.15) is 0 Å². The molecule has 2 aromatic rings. The Balaban J connectivity index is 1.62. The first kappa shape index (κ1) is 14.4. The molecule has 0 saturated carbocycles. The van der Waals surface area contributed by atoms with Gasteiger partial charge in [0.15, 0.2) is 5.13 Å². The van der Waals surface area contributed by atoms with Crippen LogP contribution in [0.5, 0.6) is 0 Å². The number of carbonyl (C=O) groups is 1. The number of aromatic nitrogens is 2. The molecular weight excluding hydrogens is 306 g/mol. The first-order valence-corrected chi connectivity index (χ1v) is 8.56. The van der Waals surface area contributed by atoms with Gasteiger partial charge in [0, 0.05) is 43.1 Å². The summed E-state index contributed by atoms with van der Waals surface area (Å²) in [6.45, 7) is 4.89. The molecule has 0 radical (unpaired) electrons. The third-order valence-electron chi connectivity index (χ3n) is 3.39. The maximum atomic E-state index is 12.4. The van der Waals surface area contributed by atoms with E-state index in [-0.39, 0.29) is 11.9 Å². The molecule has 21 heavy (non-hydrogen) atoms. The van der Waals surface area contributed by atoms with E-state index in [0.29, 0.717) is 18.8 Å². The molecule has 1 aliphatic heterocycles. The van der Waals surface area contributed by atoms with Crippen LogP contribution < -0.4 is 10.6 Å². The van der Waals surface area contributed by atoms with E-state index in [1.54, 1.807) is 16.7 Å². The lowest BCUT2D eigenvalue weighted by molar-refractivity contribution is 0.0741. The van der Waals surface area contributed by atoms with Crippen LogP contribution in [-0.2, 0) is 0 Å². The van der Waals surface area contributed by atoms with Gasteiger partial charge in [-0.1, -0.05) is 0 Å². The largest absolute Gasteiger partial charge is 0.345 e. The summed E-state index contributed by atoms with van der Waals surface area (Å²) in [5, 5.41) is 5.60. The van der Waals surface area contributed by atoms with Crippen molar-refractivity contribution < 1.29 is 4.79 Å². The molecule has 0 spiro atoms. The molecule has 3 rings (SSSR count). The van der Waals surface area contributed by atoms with Gasteiger partial charge in [-0.3, -0.25) is 4.79 Å². The number of thiazole rings is 2. The molecule has 6 nitrogen and oxygen atoms in total. The number of nitrogens with zero attached hydrogens (tertiary/aromatic N) is 4. The van der Waals surface area contributed by atoms with Crippen LogP contribution in [0.3, 0.4) is 0 Å². The van der Waals surface area contributed by atoms with E-state index >= 15 is 0 Å². The molecule has 112 valence electrons. The minimum atomic E-state index is -0.127. The highest BCUT2D eigenvalue weighted by Gasteiger charge is 2.25. The highest BCUT2D eigenvalue weighted by atomic mass is 32.1. The van der Waals surface area contributed by atoms with Crippen LogP contribution in [-0.4, -0.2) is 47.0 Å². The number of anilines is 1. The van der Waals surface area contributed by atoms with Crippen LogP contribution in [0.4, 0.5) is 5.13 Å². The number of piperazine rings is 1. The zero-order chi connectivity index (χ0) is 14.8. The van der Waals surface area contributed by atoms with Crippen molar-refractivity contribution in [2.75, 3.05) is 31.1 Å². The van der Waals surface area contributed by atoms with Crippen LogP contribution in [0.15, 0.2) is 17.0 Å². The molecule has 1 atom stereocenters. The van der Waals surface area contributed by atoms with E-state index in [1.807, 2.05) is 23.4 Å². The van der Waals surface area contributed by atoms with Gasteiger partial charge < -0.3 is 15.5 Å². The van der Waals surface area contributed by atoms with E-state index in [1.165, 1.54) is 11.3 Å². The van der Waals surface area contributed by atoms with E-state index < -0.39 is 0 Å². The lowest BCUT2D eigenvalue weighted by Crippen LogP contribution is -2.48. The number of nitrogens with two attached hydrogens (primary N) is 1. The highest BCUT2D eigenvalue weighted by molar-refractivity contribution is 7.13. The lowest BCUT2D eigenvalue weighted by atomic mass is 10.3. The van der Waals surface area contributed by atoms with Crippen LogP contribution in [0.25, 0.3) is 0 Å². The monoisotopic (exact) mass is 323 g/mol. The van der Waals surface area contributed by atoms with Crippen LogP contribution in [0.2, 0.25) is 0 Å². The molecule has 8 heteroatoms. The van der Waals surface area contributed by atoms with Gasteiger partial charge in [-0.15, -0.1) is 22.7 Å². The van der Waals surface area contributed by atoms with Crippen molar-refractivity contribution in [3.8, 4) is 0 Å². The third-order valence-corrected chi connectivity index (χ3v) is 5.27. The van der Waals surface area contributed by atoms with Gasteiger partial charge in [0.2, 0.25) is 0 Å². The molecule has 2 aromatic heterocycles. The molecule has 0 aromatic carbocycles. The smallest absolute Gasteiger partial charge is 0.273 e. The molecule has 1 saturated heterocycles. The molecule has 1 unspecified atom stereocenters.